The van der Waals surface area contributed by atoms with Gasteiger partial charge in [-0.05, 0) is 55.7 Å². The average Bonchev–Trinajstić information content (AvgIpc) is 2.27. The van der Waals surface area contributed by atoms with Crippen LogP contribution in [0, 0.1) is 0 Å². The topological polar surface area (TPSA) is 33.1 Å². The van der Waals surface area contributed by atoms with E-state index in [2.05, 4.69) is 19.9 Å². The first kappa shape index (κ1) is 11.6. The Morgan fingerprint density at radius 3 is 2.50 bits per heavy atom. The first-order valence-electron chi connectivity index (χ1n) is 6.30. The van der Waals surface area contributed by atoms with Crippen LogP contribution in [-0.4, -0.2) is 10.1 Å². The molecule has 0 fully saturated rings. The molecule has 1 heterocycles. The molecular formula is C14H21NO. The van der Waals surface area contributed by atoms with Gasteiger partial charge in [0.15, 0.2) is 0 Å². The molecule has 0 spiro atoms. The van der Waals surface area contributed by atoms with Gasteiger partial charge in [-0.15, -0.1) is 0 Å². The number of fused-ring (bicyclic) bond motifs is 1. The molecule has 1 aliphatic carbocycles. The van der Waals surface area contributed by atoms with Crippen LogP contribution in [0.2, 0.25) is 0 Å². The van der Waals surface area contributed by atoms with Crippen LogP contribution in [0.1, 0.15) is 68.1 Å². The highest BCUT2D eigenvalue weighted by Gasteiger charge is 2.19. The summed E-state index contributed by atoms with van der Waals surface area (Å²) in [7, 11) is 0. The number of aryl methyl sites for hydroxylation is 1. The fraction of sp³-hybridized carbons (Fsp3) is 0.643. The summed E-state index contributed by atoms with van der Waals surface area (Å²) in [4.78, 5) is 4.74. The highest BCUT2D eigenvalue weighted by molar-refractivity contribution is 5.36. The number of aliphatic hydroxyl groups is 1. The van der Waals surface area contributed by atoms with Gasteiger partial charge >= 0.3 is 0 Å². The largest absolute Gasteiger partial charge is 0.389 e. The molecule has 2 rings (SSSR count). The van der Waals surface area contributed by atoms with Gasteiger partial charge < -0.3 is 5.11 Å². The smallest absolute Gasteiger partial charge is 0.0765 e. The van der Waals surface area contributed by atoms with E-state index in [4.69, 9.17) is 4.98 Å². The molecule has 0 saturated heterocycles. The van der Waals surface area contributed by atoms with E-state index in [9.17, 15) is 5.11 Å². The maximum atomic E-state index is 9.86. The Morgan fingerprint density at radius 2 is 1.88 bits per heavy atom. The van der Waals surface area contributed by atoms with E-state index in [1.807, 2.05) is 6.92 Å². The van der Waals surface area contributed by atoms with E-state index in [0.29, 0.717) is 5.92 Å². The van der Waals surface area contributed by atoms with Crippen molar-refractivity contribution >= 4 is 0 Å². The summed E-state index contributed by atoms with van der Waals surface area (Å²) < 4.78 is 0. The second kappa shape index (κ2) is 4.54. The van der Waals surface area contributed by atoms with Crippen LogP contribution >= 0.6 is 0 Å². The third-order valence-corrected chi connectivity index (χ3v) is 3.40. The molecule has 2 nitrogen and oxygen atoms in total. The maximum Gasteiger partial charge on any atom is 0.0765 e. The molecule has 0 aromatic carbocycles. The molecule has 2 heteroatoms. The monoisotopic (exact) mass is 219 g/mol. The lowest BCUT2D eigenvalue weighted by atomic mass is 9.89. The number of nitrogens with zero attached hydrogens (tertiary/aromatic N) is 1. The summed E-state index contributed by atoms with van der Waals surface area (Å²) >= 11 is 0. The van der Waals surface area contributed by atoms with Crippen LogP contribution in [-0.2, 0) is 12.8 Å². The molecule has 1 atom stereocenters. The highest BCUT2D eigenvalue weighted by Crippen LogP contribution is 2.29. The van der Waals surface area contributed by atoms with Crippen LogP contribution in [0.3, 0.4) is 0 Å². The Balaban J connectivity index is 2.52. The lowest BCUT2D eigenvalue weighted by Crippen LogP contribution is -2.13. The molecule has 0 saturated carbocycles. The molecule has 1 aromatic rings. The average molecular weight is 219 g/mol. The van der Waals surface area contributed by atoms with Crippen molar-refractivity contribution in [3.8, 4) is 0 Å². The zero-order valence-corrected chi connectivity index (χ0v) is 10.5. The van der Waals surface area contributed by atoms with Gasteiger partial charge in [-0.3, -0.25) is 4.98 Å². The Hall–Kier alpha value is -0.890. The number of hydrogen-bond donors (Lipinski definition) is 1. The fourth-order valence-corrected chi connectivity index (χ4v) is 2.43. The van der Waals surface area contributed by atoms with Crippen LogP contribution in [0.5, 0.6) is 0 Å². The first-order chi connectivity index (χ1) is 7.59. The van der Waals surface area contributed by atoms with E-state index in [1.54, 1.807) is 0 Å². The van der Waals surface area contributed by atoms with Crippen LogP contribution in [0.15, 0.2) is 6.07 Å². The third-order valence-electron chi connectivity index (χ3n) is 3.40. The van der Waals surface area contributed by atoms with Gasteiger partial charge in [0, 0.05) is 11.4 Å². The zero-order valence-electron chi connectivity index (χ0n) is 10.5. The third kappa shape index (κ3) is 2.12. The van der Waals surface area contributed by atoms with Gasteiger partial charge in [0.2, 0.25) is 0 Å². The van der Waals surface area contributed by atoms with Gasteiger partial charge in [0.05, 0.1) is 6.10 Å². The quantitative estimate of drug-likeness (QED) is 0.829. The molecule has 1 aliphatic rings. The predicted octanol–water partition coefficient (Wildman–Crippen LogP) is 3.14. The molecular weight excluding hydrogens is 198 g/mol. The van der Waals surface area contributed by atoms with Gasteiger partial charge in [-0.1, -0.05) is 13.8 Å². The maximum absolute atomic E-state index is 9.86. The van der Waals surface area contributed by atoms with Crippen molar-refractivity contribution in [2.24, 2.45) is 0 Å². The summed E-state index contributed by atoms with van der Waals surface area (Å²) in [5.41, 5.74) is 4.77. The minimum atomic E-state index is -0.368. The molecule has 0 bridgehead atoms. The van der Waals surface area contributed by atoms with E-state index < -0.39 is 0 Å². The molecule has 1 N–H and O–H groups in total. The van der Waals surface area contributed by atoms with Crippen LogP contribution in [0.4, 0.5) is 0 Å². The summed E-state index contributed by atoms with van der Waals surface area (Å²) in [6, 6.07) is 2.10. The summed E-state index contributed by atoms with van der Waals surface area (Å²) in [6.45, 7) is 6.17. The van der Waals surface area contributed by atoms with Crippen LogP contribution in [0.25, 0.3) is 0 Å². The molecule has 0 amide bonds. The summed E-state index contributed by atoms with van der Waals surface area (Å²) in [5, 5.41) is 9.86. The van der Waals surface area contributed by atoms with Gasteiger partial charge in [0.1, 0.15) is 0 Å². The van der Waals surface area contributed by atoms with Crippen molar-refractivity contribution < 1.29 is 5.11 Å². The minimum absolute atomic E-state index is 0.368. The van der Waals surface area contributed by atoms with E-state index in [0.717, 1.165) is 24.1 Å². The summed E-state index contributed by atoms with van der Waals surface area (Å²) in [5.74, 6) is 0.435. The van der Waals surface area contributed by atoms with Crippen molar-refractivity contribution in [3.05, 3.63) is 28.6 Å². The van der Waals surface area contributed by atoms with E-state index >= 15 is 0 Å². The predicted molar refractivity (Wildman–Crippen MR) is 65.6 cm³/mol. The standard InChI is InChI=1S/C14H21NO/c1-9(2)14-8-12(10(3)16)11-6-4-5-7-13(11)15-14/h8-10,16H,4-7H2,1-3H3. The number of aromatic nitrogens is 1. The van der Waals surface area contributed by atoms with Crippen molar-refractivity contribution in [3.63, 3.8) is 0 Å². The Bertz CT molecular complexity index is 383. The number of hydrogen-bond acceptors (Lipinski definition) is 2. The van der Waals surface area contributed by atoms with Crippen molar-refractivity contribution in [1.29, 1.82) is 0 Å². The molecule has 1 aromatic heterocycles. The highest BCUT2D eigenvalue weighted by atomic mass is 16.3. The first-order valence-corrected chi connectivity index (χ1v) is 6.30. The molecule has 16 heavy (non-hydrogen) atoms. The SMILES string of the molecule is CC(C)c1cc(C(C)O)c2c(n1)CCCC2. The van der Waals surface area contributed by atoms with Gasteiger partial charge in [-0.2, -0.15) is 0 Å². The lowest BCUT2D eigenvalue weighted by molar-refractivity contribution is 0.197. The van der Waals surface area contributed by atoms with Crippen LogP contribution < -0.4 is 0 Å². The van der Waals surface area contributed by atoms with Crippen molar-refractivity contribution in [2.45, 2.75) is 58.5 Å². The Labute approximate surface area is 97.7 Å². The van der Waals surface area contributed by atoms with E-state index in [1.165, 1.54) is 24.1 Å². The number of aliphatic hydroxyl groups excluding tert-OH is 1. The molecule has 88 valence electrons. The normalized spacial score (nSPS) is 17.3. The van der Waals surface area contributed by atoms with Crippen molar-refractivity contribution in [2.75, 3.05) is 0 Å². The molecule has 1 unspecified atom stereocenters. The Morgan fingerprint density at radius 1 is 1.19 bits per heavy atom. The number of rotatable bonds is 2. The molecule has 0 radical (unpaired) electrons. The fourth-order valence-electron chi connectivity index (χ4n) is 2.43. The van der Waals surface area contributed by atoms with Crippen molar-refractivity contribution in [1.82, 2.24) is 4.98 Å². The van der Waals surface area contributed by atoms with E-state index in [-0.39, 0.29) is 6.10 Å². The minimum Gasteiger partial charge on any atom is -0.389 e. The number of pyridine rings is 1. The lowest BCUT2D eigenvalue weighted by Gasteiger charge is -2.22. The van der Waals surface area contributed by atoms with Gasteiger partial charge in [-0.25, -0.2) is 0 Å². The molecule has 0 aliphatic heterocycles. The second-order valence-electron chi connectivity index (χ2n) is 5.10. The summed E-state index contributed by atoms with van der Waals surface area (Å²) in [6.07, 6.45) is 4.26. The second-order valence-corrected chi connectivity index (χ2v) is 5.10. The zero-order chi connectivity index (χ0) is 11.7. The Kier molecular flexibility index (Phi) is 3.29. The van der Waals surface area contributed by atoms with Gasteiger partial charge in [0.25, 0.3) is 0 Å².